The summed E-state index contributed by atoms with van der Waals surface area (Å²) < 4.78 is 37.8. The first-order valence-corrected chi connectivity index (χ1v) is 11.3. The van der Waals surface area contributed by atoms with Gasteiger partial charge in [-0.3, -0.25) is 0 Å². The van der Waals surface area contributed by atoms with Crippen LogP contribution in [0.15, 0.2) is 0 Å². The van der Waals surface area contributed by atoms with E-state index >= 15 is 0 Å². The Labute approximate surface area is 169 Å². The fraction of sp³-hybridized carbons (Fsp3) is 1.00. The molecule has 0 aromatic rings. The van der Waals surface area contributed by atoms with Gasteiger partial charge >= 0.3 is 0 Å². The van der Waals surface area contributed by atoms with E-state index in [9.17, 15) is 0 Å². The molecule has 1 spiro atoms. The maximum absolute atomic E-state index is 6.56. The molecule has 8 atom stereocenters. The fourth-order valence-electron chi connectivity index (χ4n) is 6.58. The van der Waals surface area contributed by atoms with E-state index in [1.165, 1.54) is 0 Å². The molecule has 4 saturated heterocycles. The molecule has 1 saturated carbocycles. The molecule has 0 radical (unpaired) electrons. The van der Waals surface area contributed by atoms with Crippen LogP contribution in [0, 0.1) is 17.3 Å². The molecule has 4 heterocycles. The van der Waals surface area contributed by atoms with Crippen molar-refractivity contribution >= 4 is 15.9 Å². The number of ether oxygens (including phenoxy) is 6. The maximum Gasteiger partial charge on any atom is 0.188 e. The molecule has 7 heteroatoms. The monoisotopic (exact) mass is 446 g/mol. The zero-order valence-electron chi connectivity index (χ0n) is 16.8. The van der Waals surface area contributed by atoms with Gasteiger partial charge in [0.15, 0.2) is 17.9 Å². The second kappa shape index (κ2) is 5.90. The molecule has 154 valence electrons. The minimum absolute atomic E-state index is 0.111. The summed E-state index contributed by atoms with van der Waals surface area (Å²) in [6.45, 7) is 11.5. The molecule has 27 heavy (non-hydrogen) atoms. The summed E-state index contributed by atoms with van der Waals surface area (Å²) in [5.41, 5.74) is -0.364. The predicted octanol–water partition coefficient (Wildman–Crippen LogP) is 3.21. The predicted molar refractivity (Wildman–Crippen MR) is 100 cm³/mol. The third kappa shape index (κ3) is 2.58. The van der Waals surface area contributed by atoms with Crippen LogP contribution in [0.25, 0.3) is 0 Å². The van der Waals surface area contributed by atoms with Crippen LogP contribution < -0.4 is 0 Å². The van der Waals surface area contributed by atoms with Gasteiger partial charge in [0.1, 0.15) is 12.2 Å². The van der Waals surface area contributed by atoms with Crippen LogP contribution in [-0.2, 0) is 28.4 Å². The molecule has 5 aliphatic rings. The van der Waals surface area contributed by atoms with Gasteiger partial charge in [0, 0.05) is 16.7 Å². The highest BCUT2D eigenvalue weighted by Crippen LogP contribution is 2.67. The van der Waals surface area contributed by atoms with Crippen molar-refractivity contribution in [2.24, 2.45) is 17.3 Å². The number of rotatable bonds is 2. The van der Waals surface area contributed by atoms with E-state index in [-0.39, 0.29) is 35.6 Å². The number of hydrogen-bond acceptors (Lipinski definition) is 6. The summed E-state index contributed by atoms with van der Waals surface area (Å²) >= 11 is 3.75. The Morgan fingerprint density at radius 3 is 2.33 bits per heavy atom. The lowest BCUT2D eigenvalue weighted by atomic mass is 9.63. The molecular formula is C20H31BrO6. The molecule has 0 amide bonds. The van der Waals surface area contributed by atoms with E-state index in [0.29, 0.717) is 18.4 Å². The number of alkyl halides is 1. The van der Waals surface area contributed by atoms with Crippen molar-refractivity contribution < 1.29 is 28.4 Å². The molecule has 0 N–H and O–H groups in total. The standard InChI is InChI=1S/C20H31BrO6/c1-11-8-23-19(10-21)6-7-20(13(11)19)14(12-9-22-17(2,3)25-12)24-16-15(20)26-18(4,5)27-16/h11-16H,6-10H2,1-5H3/t11-,12-,13-,14-,15+,16-,19+,20-/m1/s1. The molecule has 0 aromatic heterocycles. The van der Waals surface area contributed by atoms with Gasteiger partial charge in [-0.05, 0) is 46.5 Å². The summed E-state index contributed by atoms with van der Waals surface area (Å²) in [6, 6.07) is 0. The highest BCUT2D eigenvalue weighted by molar-refractivity contribution is 9.09. The van der Waals surface area contributed by atoms with Gasteiger partial charge in [-0.25, -0.2) is 0 Å². The Hall–Kier alpha value is 0.240. The van der Waals surface area contributed by atoms with Crippen LogP contribution >= 0.6 is 15.9 Å². The Balaban J connectivity index is 1.57. The highest BCUT2D eigenvalue weighted by atomic mass is 79.9. The van der Waals surface area contributed by atoms with Gasteiger partial charge in [-0.1, -0.05) is 22.9 Å². The molecule has 6 nitrogen and oxygen atoms in total. The molecule has 0 unspecified atom stereocenters. The van der Waals surface area contributed by atoms with Crippen LogP contribution in [0.3, 0.4) is 0 Å². The first-order valence-electron chi connectivity index (χ1n) is 10.2. The Kier molecular flexibility index (Phi) is 4.20. The van der Waals surface area contributed by atoms with Crippen molar-refractivity contribution in [3.63, 3.8) is 0 Å². The average Bonchev–Trinajstić information content (AvgIpc) is 3.32. The topological polar surface area (TPSA) is 55.4 Å². The molecule has 5 fully saturated rings. The first-order chi connectivity index (χ1) is 12.6. The smallest absolute Gasteiger partial charge is 0.188 e. The van der Waals surface area contributed by atoms with Crippen LogP contribution in [0.5, 0.6) is 0 Å². The van der Waals surface area contributed by atoms with Crippen LogP contribution in [-0.4, -0.2) is 60.3 Å². The molecular weight excluding hydrogens is 416 g/mol. The fourth-order valence-corrected chi connectivity index (χ4v) is 7.37. The van der Waals surface area contributed by atoms with Crippen molar-refractivity contribution in [1.82, 2.24) is 0 Å². The molecule has 0 bridgehead atoms. The van der Waals surface area contributed by atoms with Gasteiger partial charge in [-0.15, -0.1) is 0 Å². The van der Waals surface area contributed by atoms with Gasteiger partial charge in [-0.2, -0.15) is 0 Å². The summed E-state index contributed by atoms with van der Waals surface area (Å²) in [7, 11) is 0. The highest BCUT2D eigenvalue weighted by Gasteiger charge is 2.75. The van der Waals surface area contributed by atoms with Crippen LogP contribution in [0.2, 0.25) is 0 Å². The van der Waals surface area contributed by atoms with E-state index in [2.05, 4.69) is 22.9 Å². The zero-order chi connectivity index (χ0) is 19.2. The van der Waals surface area contributed by atoms with Crippen molar-refractivity contribution in [3.05, 3.63) is 0 Å². The lowest BCUT2D eigenvalue weighted by molar-refractivity contribution is -0.242. The van der Waals surface area contributed by atoms with E-state index < -0.39 is 11.6 Å². The zero-order valence-corrected chi connectivity index (χ0v) is 18.4. The Morgan fingerprint density at radius 1 is 0.889 bits per heavy atom. The lowest BCUT2D eigenvalue weighted by Gasteiger charge is -2.44. The van der Waals surface area contributed by atoms with E-state index in [1.807, 2.05) is 27.7 Å². The average molecular weight is 447 g/mol. The summed E-state index contributed by atoms with van der Waals surface area (Å²) in [4.78, 5) is 0. The first kappa shape index (κ1) is 19.2. The SMILES string of the molecule is C[C@@H]1CO[C@]2(CBr)CC[C@]3([C@@H]([C@H]4COC(C)(C)O4)O[C@@H]4OC(C)(C)O[C@@H]43)[C@H]12. The third-order valence-corrected chi connectivity index (χ3v) is 8.27. The van der Waals surface area contributed by atoms with Crippen molar-refractivity contribution in [2.45, 2.75) is 89.2 Å². The van der Waals surface area contributed by atoms with Gasteiger partial charge in [0.05, 0.1) is 24.9 Å². The minimum Gasteiger partial charge on any atom is -0.374 e. The molecule has 5 rings (SSSR count). The maximum atomic E-state index is 6.56. The van der Waals surface area contributed by atoms with Crippen LogP contribution in [0.1, 0.15) is 47.5 Å². The number of halogens is 1. The van der Waals surface area contributed by atoms with Crippen molar-refractivity contribution in [2.75, 3.05) is 18.5 Å². The van der Waals surface area contributed by atoms with Crippen LogP contribution in [0.4, 0.5) is 0 Å². The Bertz CT molecular complexity index is 626. The van der Waals surface area contributed by atoms with Gasteiger partial charge in [0.2, 0.25) is 0 Å². The molecule has 1 aliphatic carbocycles. The molecule has 0 aromatic carbocycles. The second-order valence-electron chi connectivity index (χ2n) is 9.93. The van der Waals surface area contributed by atoms with E-state index in [1.54, 1.807) is 0 Å². The van der Waals surface area contributed by atoms with E-state index in [4.69, 9.17) is 28.4 Å². The summed E-state index contributed by atoms with van der Waals surface area (Å²) in [5.74, 6) is -0.467. The third-order valence-electron chi connectivity index (χ3n) is 7.32. The summed E-state index contributed by atoms with van der Waals surface area (Å²) in [6.07, 6.45) is 1.26. The minimum atomic E-state index is -0.637. The largest absolute Gasteiger partial charge is 0.374 e. The number of hydrogen-bond donors (Lipinski definition) is 0. The lowest BCUT2D eigenvalue weighted by Crippen LogP contribution is -2.54. The normalized spacial score (nSPS) is 55.3. The van der Waals surface area contributed by atoms with Gasteiger partial charge < -0.3 is 28.4 Å². The van der Waals surface area contributed by atoms with Crippen molar-refractivity contribution in [1.29, 1.82) is 0 Å². The van der Waals surface area contributed by atoms with Crippen molar-refractivity contribution in [3.8, 4) is 0 Å². The second-order valence-corrected chi connectivity index (χ2v) is 10.5. The van der Waals surface area contributed by atoms with Gasteiger partial charge in [0.25, 0.3) is 0 Å². The number of fused-ring (bicyclic) bond motifs is 4. The molecule has 4 aliphatic heterocycles. The Morgan fingerprint density at radius 2 is 1.67 bits per heavy atom. The van der Waals surface area contributed by atoms with E-state index in [0.717, 1.165) is 24.8 Å². The summed E-state index contributed by atoms with van der Waals surface area (Å²) in [5, 5.41) is 0.832. The quantitative estimate of drug-likeness (QED) is 0.606.